The Labute approximate surface area is 114 Å². The molecule has 1 atom stereocenters. The lowest BCUT2D eigenvalue weighted by molar-refractivity contribution is -0.0498. The second-order valence-electron chi connectivity index (χ2n) is 4.57. The number of nitrogens with two attached hydrogens (primary N) is 1. The van der Waals surface area contributed by atoms with Crippen molar-refractivity contribution >= 4 is 11.5 Å². The molecule has 1 aliphatic rings. The van der Waals surface area contributed by atoms with Gasteiger partial charge in [0.15, 0.2) is 0 Å². The molecule has 1 unspecified atom stereocenters. The van der Waals surface area contributed by atoms with Crippen molar-refractivity contribution in [1.29, 1.82) is 0 Å². The molecule has 3 rings (SSSR count). The molecule has 0 saturated carbocycles. The van der Waals surface area contributed by atoms with Crippen molar-refractivity contribution in [3.8, 4) is 5.75 Å². The van der Waals surface area contributed by atoms with Crippen molar-refractivity contribution in [2.24, 2.45) is 0 Å². The van der Waals surface area contributed by atoms with Crippen molar-refractivity contribution in [2.45, 2.75) is 19.1 Å². The van der Waals surface area contributed by atoms with Crippen LogP contribution in [0.25, 0.3) is 0 Å². The van der Waals surface area contributed by atoms with E-state index in [1.54, 1.807) is 18.3 Å². The number of anilines is 2. The Morgan fingerprint density at radius 2 is 2.10 bits per heavy atom. The Kier molecular flexibility index (Phi) is 3.17. The summed E-state index contributed by atoms with van der Waals surface area (Å²) in [5.41, 5.74) is 7.42. The first kappa shape index (κ1) is 12.7. The minimum Gasteiger partial charge on any atom is -0.435 e. The fourth-order valence-electron chi connectivity index (χ4n) is 2.42. The molecule has 1 aromatic carbocycles. The van der Waals surface area contributed by atoms with E-state index in [4.69, 9.17) is 5.73 Å². The maximum atomic E-state index is 12.1. The van der Waals surface area contributed by atoms with E-state index < -0.39 is 6.61 Å². The molecule has 0 amide bonds. The number of benzene rings is 1. The SMILES string of the molecule is Nc1cnn2c1NCCC2c1ccc(OC(F)F)cc1. The van der Waals surface area contributed by atoms with Crippen LogP contribution >= 0.6 is 0 Å². The van der Waals surface area contributed by atoms with Gasteiger partial charge >= 0.3 is 6.61 Å². The van der Waals surface area contributed by atoms with Gasteiger partial charge in [0.05, 0.1) is 17.9 Å². The van der Waals surface area contributed by atoms with Crippen LogP contribution in [0.1, 0.15) is 18.0 Å². The lowest BCUT2D eigenvalue weighted by Crippen LogP contribution is -2.24. The van der Waals surface area contributed by atoms with Crippen LogP contribution in [-0.2, 0) is 0 Å². The number of halogens is 2. The van der Waals surface area contributed by atoms with E-state index in [1.165, 1.54) is 12.1 Å². The van der Waals surface area contributed by atoms with Crippen LogP contribution in [0.5, 0.6) is 5.75 Å². The zero-order valence-corrected chi connectivity index (χ0v) is 10.6. The van der Waals surface area contributed by atoms with Crippen LogP contribution < -0.4 is 15.8 Å². The highest BCUT2D eigenvalue weighted by Crippen LogP contribution is 2.33. The number of aromatic nitrogens is 2. The summed E-state index contributed by atoms with van der Waals surface area (Å²) < 4.78 is 30.4. The lowest BCUT2D eigenvalue weighted by Gasteiger charge is -2.26. The molecule has 7 heteroatoms. The van der Waals surface area contributed by atoms with Gasteiger partial charge in [-0.3, -0.25) is 0 Å². The van der Waals surface area contributed by atoms with Gasteiger partial charge < -0.3 is 15.8 Å². The van der Waals surface area contributed by atoms with Gasteiger partial charge in [0, 0.05) is 6.54 Å². The van der Waals surface area contributed by atoms with E-state index in [9.17, 15) is 8.78 Å². The molecule has 5 nitrogen and oxygen atoms in total. The minimum absolute atomic E-state index is 0.0455. The summed E-state index contributed by atoms with van der Waals surface area (Å²) in [5, 5.41) is 7.46. The largest absolute Gasteiger partial charge is 0.435 e. The molecule has 0 spiro atoms. The highest BCUT2D eigenvalue weighted by Gasteiger charge is 2.23. The Morgan fingerprint density at radius 1 is 1.35 bits per heavy atom. The number of nitrogens with one attached hydrogen (secondary N) is 1. The molecule has 106 valence electrons. The lowest BCUT2D eigenvalue weighted by atomic mass is 10.0. The molecule has 0 bridgehead atoms. The van der Waals surface area contributed by atoms with Crippen LogP contribution in [0.15, 0.2) is 30.5 Å². The van der Waals surface area contributed by atoms with Crippen LogP contribution in [0.3, 0.4) is 0 Å². The maximum Gasteiger partial charge on any atom is 0.387 e. The molecule has 0 fully saturated rings. The number of nitrogens with zero attached hydrogens (tertiary/aromatic N) is 2. The topological polar surface area (TPSA) is 65.1 Å². The highest BCUT2D eigenvalue weighted by molar-refractivity contribution is 5.62. The second-order valence-corrected chi connectivity index (χ2v) is 4.57. The molecule has 1 aromatic heterocycles. The Bertz CT molecular complexity index is 597. The molecule has 3 N–H and O–H groups in total. The smallest absolute Gasteiger partial charge is 0.387 e. The van der Waals surface area contributed by atoms with Crippen LogP contribution in [0.2, 0.25) is 0 Å². The van der Waals surface area contributed by atoms with E-state index in [2.05, 4.69) is 15.2 Å². The summed E-state index contributed by atoms with van der Waals surface area (Å²) in [7, 11) is 0. The number of hydrogen-bond donors (Lipinski definition) is 2. The molecular formula is C13H14F2N4O. The van der Waals surface area contributed by atoms with E-state index in [0.717, 1.165) is 24.3 Å². The number of rotatable bonds is 3. The third-order valence-corrected chi connectivity index (χ3v) is 3.32. The zero-order chi connectivity index (χ0) is 14.1. The third-order valence-electron chi connectivity index (χ3n) is 3.32. The Hall–Kier alpha value is -2.31. The molecular weight excluding hydrogens is 266 g/mol. The number of ether oxygens (including phenoxy) is 1. The minimum atomic E-state index is -2.81. The van der Waals surface area contributed by atoms with Crippen LogP contribution in [0.4, 0.5) is 20.3 Å². The Morgan fingerprint density at radius 3 is 2.80 bits per heavy atom. The standard InChI is InChI=1S/C13H14F2N4O/c14-13(15)20-9-3-1-8(2-4-9)11-5-6-17-12-10(16)7-18-19(11)12/h1-4,7,11,13,17H,5-6,16H2. The highest BCUT2D eigenvalue weighted by atomic mass is 19.3. The molecule has 0 saturated heterocycles. The normalized spacial score (nSPS) is 17.6. The van der Waals surface area contributed by atoms with Crippen LogP contribution in [0, 0.1) is 0 Å². The monoisotopic (exact) mass is 280 g/mol. The summed E-state index contributed by atoms with van der Waals surface area (Å²) in [6.45, 7) is -2.02. The summed E-state index contributed by atoms with van der Waals surface area (Å²) >= 11 is 0. The van der Waals surface area contributed by atoms with Gasteiger partial charge in [-0.2, -0.15) is 13.9 Å². The maximum absolute atomic E-state index is 12.1. The molecule has 20 heavy (non-hydrogen) atoms. The summed E-state index contributed by atoms with van der Waals surface area (Å²) in [4.78, 5) is 0. The van der Waals surface area contributed by atoms with Gasteiger partial charge in [-0.15, -0.1) is 0 Å². The molecule has 1 aliphatic heterocycles. The van der Waals surface area contributed by atoms with Gasteiger partial charge in [-0.25, -0.2) is 4.68 Å². The van der Waals surface area contributed by atoms with Crippen molar-refractivity contribution < 1.29 is 13.5 Å². The van der Waals surface area contributed by atoms with Gasteiger partial charge in [0.25, 0.3) is 0 Å². The number of fused-ring (bicyclic) bond motifs is 1. The molecule has 2 heterocycles. The quantitative estimate of drug-likeness (QED) is 0.906. The average molecular weight is 280 g/mol. The predicted molar refractivity (Wildman–Crippen MR) is 71.0 cm³/mol. The average Bonchev–Trinajstić information content (AvgIpc) is 2.81. The van der Waals surface area contributed by atoms with Crippen molar-refractivity contribution in [1.82, 2.24) is 9.78 Å². The first-order valence-electron chi connectivity index (χ1n) is 6.27. The molecule has 2 aromatic rings. The predicted octanol–water partition coefficient (Wildman–Crippen LogP) is 2.47. The van der Waals surface area contributed by atoms with E-state index in [0.29, 0.717) is 5.69 Å². The summed E-state index contributed by atoms with van der Waals surface area (Å²) in [6.07, 6.45) is 2.46. The molecule has 0 aliphatic carbocycles. The first-order valence-corrected chi connectivity index (χ1v) is 6.27. The van der Waals surface area contributed by atoms with Gasteiger partial charge in [0.1, 0.15) is 11.6 Å². The van der Waals surface area contributed by atoms with Gasteiger partial charge in [0.2, 0.25) is 0 Å². The summed E-state index contributed by atoms with van der Waals surface area (Å²) in [6, 6.07) is 6.67. The third kappa shape index (κ3) is 2.26. The van der Waals surface area contributed by atoms with Gasteiger partial charge in [-0.1, -0.05) is 12.1 Å². The second kappa shape index (κ2) is 4.99. The first-order chi connectivity index (χ1) is 9.65. The van der Waals surface area contributed by atoms with E-state index >= 15 is 0 Å². The van der Waals surface area contributed by atoms with Crippen molar-refractivity contribution in [2.75, 3.05) is 17.6 Å². The number of hydrogen-bond acceptors (Lipinski definition) is 4. The fourth-order valence-corrected chi connectivity index (χ4v) is 2.42. The summed E-state index contributed by atoms with van der Waals surface area (Å²) in [5.74, 6) is 0.951. The van der Waals surface area contributed by atoms with Gasteiger partial charge in [-0.05, 0) is 24.1 Å². The molecule has 0 radical (unpaired) electrons. The van der Waals surface area contributed by atoms with Crippen molar-refractivity contribution in [3.63, 3.8) is 0 Å². The van der Waals surface area contributed by atoms with E-state index in [-0.39, 0.29) is 11.8 Å². The Balaban J connectivity index is 1.87. The number of alkyl halides is 2. The zero-order valence-electron chi connectivity index (χ0n) is 10.6. The van der Waals surface area contributed by atoms with E-state index in [1.807, 2.05) is 4.68 Å². The van der Waals surface area contributed by atoms with Crippen molar-refractivity contribution in [3.05, 3.63) is 36.0 Å². The van der Waals surface area contributed by atoms with Crippen LogP contribution in [-0.4, -0.2) is 22.9 Å². The fraction of sp³-hybridized carbons (Fsp3) is 0.308. The number of nitrogen functional groups attached to an aromatic ring is 1.